The van der Waals surface area contributed by atoms with Gasteiger partial charge in [-0.15, -0.1) is 0 Å². The van der Waals surface area contributed by atoms with Gasteiger partial charge in [0, 0.05) is 6.04 Å². The van der Waals surface area contributed by atoms with Gasteiger partial charge in [-0.2, -0.15) is 0 Å². The number of hydrogen-bond donors (Lipinski definition) is 1. The highest BCUT2D eigenvalue weighted by Crippen LogP contribution is 2.25. The Morgan fingerprint density at radius 3 is 2.70 bits per heavy atom. The number of ether oxygens (including phenoxy) is 1. The first-order valence-electron chi connectivity index (χ1n) is 7.61. The molecule has 2 rings (SSSR count). The topological polar surface area (TPSA) is 51.5 Å². The number of carbonyl (C=O) groups is 1. The van der Waals surface area contributed by atoms with Crippen LogP contribution in [0.5, 0.6) is 0 Å². The molecule has 4 nitrogen and oxygen atoms in total. The third-order valence-corrected chi connectivity index (χ3v) is 4.25. The third kappa shape index (κ3) is 4.10. The monoisotopic (exact) mass is 279 g/mol. The Bertz CT molecular complexity index is 419. The lowest BCUT2D eigenvalue weighted by Crippen LogP contribution is -2.32. The Kier molecular flexibility index (Phi) is 5.65. The van der Waals surface area contributed by atoms with E-state index >= 15 is 0 Å². The number of furan rings is 1. The first-order chi connectivity index (χ1) is 9.70. The minimum Gasteiger partial charge on any atom is -0.463 e. The van der Waals surface area contributed by atoms with E-state index in [1.807, 2.05) is 6.07 Å². The summed E-state index contributed by atoms with van der Waals surface area (Å²) in [6.45, 7) is 2.91. The summed E-state index contributed by atoms with van der Waals surface area (Å²) in [6, 6.07) is 3.98. The van der Waals surface area contributed by atoms with Crippen molar-refractivity contribution in [1.29, 1.82) is 0 Å². The molecular weight excluding hydrogens is 254 g/mol. The molecule has 0 radical (unpaired) electrons. The van der Waals surface area contributed by atoms with Gasteiger partial charge in [0.2, 0.25) is 5.76 Å². The van der Waals surface area contributed by atoms with Crippen molar-refractivity contribution >= 4 is 5.97 Å². The second kappa shape index (κ2) is 7.48. The molecule has 1 saturated carbocycles. The highest BCUT2D eigenvalue weighted by molar-refractivity contribution is 5.86. The summed E-state index contributed by atoms with van der Waals surface area (Å²) in [4.78, 5) is 11.3. The van der Waals surface area contributed by atoms with Gasteiger partial charge in [0.05, 0.1) is 13.7 Å². The van der Waals surface area contributed by atoms with Crippen LogP contribution in [0.15, 0.2) is 16.5 Å². The van der Waals surface area contributed by atoms with Crippen molar-refractivity contribution in [2.24, 2.45) is 5.92 Å². The number of carbonyl (C=O) groups excluding carboxylic acids is 1. The van der Waals surface area contributed by atoms with Crippen molar-refractivity contribution < 1.29 is 13.9 Å². The molecule has 1 aliphatic carbocycles. The quantitative estimate of drug-likeness (QED) is 0.662. The van der Waals surface area contributed by atoms with Crippen LogP contribution < -0.4 is 5.32 Å². The van der Waals surface area contributed by atoms with E-state index in [0.29, 0.717) is 12.6 Å². The molecule has 0 aliphatic heterocycles. The van der Waals surface area contributed by atoms with Gasteiger partial charge in [-0.05, 0) is 37.8 Å². The van der Waals surface area contributed by atoms with Gasteiger partial charge in [-0.1, -0.05) is 25.7 Å². The van der Waals surface area contributed by atoms with Crippen LogP contribution >= 0.6 is 0 Å². The van der Waals surface area contributed by atoms with Crippen molar-refractivity contribution in [2.75, 3.05) is 7.11 Å². The molecule has 1 aromatic heterocycles. The predicted molar refractivity (Wildman–Crippen MR) is 77.5 cm³/mol. The lowest BCUT2D eigenvalue weighted by molar-refractivity contribution is 0.0562. The van der Waals surface area contributed by atoms with Crippen LogP contribution in [0.25, 0.3) is 0 Å². The zero-order chi connectivity index (χ0) is 14.4. The van der Waals surface area contributed by atoms with Gasteiger partial charge < -0.3 is 14.5 Å². The highest BCUT2D eigenvalue weighted by Gasteiger charge is 2.19. The molecule has 0 spiro atoms. The van der Waals surface area contributed by atoms with E-state index < -0.39 is 5.97 Å². The van der Waals surface area contributed by atoms with Crippen LogP contribution in [0.3, 0.4) is 0 Å². The van der Waals surface area contributed by atoms with Gasteiger partial charge >= 0.3 is 5.97 Å². The molecule has 1 atom stereocenters. The highest BCUT2D eigenvalue weighted by atomic mass is 16.5. The molecule has 0 saturated heterocycles. The van der Waals surface area contributed by atoms with Crippen molar-refractivity contribution in [2.45, 2.75) is 58.0 Å². The number of rotatable bonds is 5. The van der Waals surface area contributed by atoms with Gasteiger partial charge in [-0.3, -0.25) is 0 Å². The molecule has 0 bridgehead atoms. The second-order valence-corrected chi connectivity index (χ2v) is 5.68. The van der Waals surface area contributed by atoms with E-state index in [4.69, 9.17) is 4.42 Å². The number of nitrogens with one attached hydrogen (secondary N) is 1. The first kappa shape index (κ1) is 15.1. The van der Waals surface area contributed by atoms with Crippen LogP contribution in [-0.4, -0.2) is 19.1 Å². The number of esters is 1. The third-order valence-electron chi connectivity index (χ3n) is 4.25. The van der Waals surface area contributed by atoms with E-state index in [1.54, 1.807) is 6.07 Å². The van der Waals surface area contributed by atoms with Crippen molar-refractivity contribution in [3.8, 4) is 0 Å². The molecule has 0 unspecified atom stereocenters. The molecule has 4 heteroatoms. The normalized spacial score (nSPS) is 18.5. The Labute approximate surface area is 120 Å². The maximum absolute atomic E-state index is 11.3. The lowest BCUT2D eigenvalue weighted by atomic mass is 9.93. The van der Waals surface area contributed by atoms with Crippen molar-refractivity contribution in [3.63, 3.8) is 0 Å². The SMILES string of the molecule is COC(=O)c1ccc(CN[C@H](C)C2CCCCCC2)o1. The van der Waals surface area contributed by atoms with Crippen LogP contribution in [-0.2, 0) is 11.3 Å². The standard InChI is InChI=1S/C16H25NO3/c1-12(13-7-5-3-4-6-8-13)17-11-14-9-10-15(20-14)16(18)19-2/h9-10,12-13,17H,3-8,11H2,1-2H3/t12-/m1/s1. The fourth-order valence-corrected chi connectivity index (χ4v) is 2.92. The van der Waals surface area contributed by atoms with Crippen LogP contribution in [0.1, 0.15) is 61.8 Å². The van der Waals surface area contributed by atoms with E-state index in [1.165, 1.54) is 45.6 Å². The zero-order valence-electron chi connectivity index (χ0n) is 12.5. The molecule has 112 valence electrons. The molecule has 1 aromatic rings. The minimum atomic E-state index is -0.423. The van der Waals surface area contributed by atoms with Crippen LogP contribution in [0.2, 0.25) is 0 Å². The van der Waals surface area contributed by atoms with Crippen LogP contribution in [0, 0.1) is 5.92 Å². The molecule has 1 fully saturated rings. The maximum atomic E-state index is 11.3. The average molecular weight is 279 g/mol. The van der Waals surface area contributed by atoms with Gasteiger partial charge in [0.25, 0.3) is 0 Å². The number of methoxy groups -OCH3 is 1. The Balaban J connectivity index is 1.81. The summed E-state index contributed by atoms with van der Waals surface area (Å²) >= 11 is 0. The average Bonchev–Trinajstić information content (AvgIpc) is 2.77. The van der Waals surface area contributed by atoms with Gasteiger partial charge in [-0.25, -0.2) is 4.79 Å². The predicted octanol–water partition coefficient (Wildman–Crippen LogP) is 3.51. The Morgan fingerprint density at radius 2 is 2.05 bits per heavy atom. The molecule has 1 N–H and O–H groups in total. The van der Waals surface area contributed by atoms with E-state index in [9.17, 15) is 4.79 Å². The summed E-state index contributed by atoms with van der Waals surface area (Å²) in [5, 5.41) is 3.52. The molecule has 1 heterocycles. The Hall–Kier alpha value is -1.29. The zero-order valence-corrected chi connectivity index (χ0v) is 12.5. The molecule has 20 heavy (non-hydrogen) atoms. The summed E-state index contributed by atoms with van der Waals surface area (Å²) in [6.07, 6.45) is 8.10. The van der Waals surface area contributed by atoms with Gasteiger partial charge in [0.1, 0.15) is 5.76 Å². The van der Waals surface area contributed by atoms with E-state index in [0.717, 1.165) is 11.7 Å². The fraction of sp³-hybridized carbons (Fsp3) is 0.688. The van der Waals surface area contributed by atoms with Crippen LogP contribution in [0.4, 0.5) is 0 Å². The minimum absolute atomic E-state index is 0.270. The Morgan fingerprint density at radius 1 is 1.35 bits per heavy atom. The number of hydrogen-bond acceptors (Lipinski definition) is 4. The maximum Gasteiger partial charge on any atom is 0.373 e. The first-order valence-corrected chi connectivity index (χ1v) is 7.61. The fourth-order valence-electron chi connectivity index (χ4n) is 2.92. The summed E-state index contributed by atoms with van der Waals surface area (Å²) in [5.41, 5.74) is 0. The van der Waals surface area contributed by atoms with Crippen molar-refractivity contribution in [3.05, 3.63) is 23.7 Å². The van der Waals surface area contributed by atoms with Crippen molar-refractivity contribution in [1.82, 2.24) is 5.32 Å². The summed E-state index contributed by atoms with van der Waals surface area (Å²) in [7, 11) is 1.36. The van der Waals surface area contributed by atoms with E-state index in [2.05, 4.69) is 17.0 Å². The molecule has 0 aromatic carbocycles. The lowest BCUT2D eigenvalue weighted by Gasteiger charge is -2.23. The largest absolute Gasteiger partial charge is 0.463 e. The molecule has 1 aliphatic rings. The summed E-state index contributed by atoms with van der Waals surface area (Å²) in [5.74, 6) is 1.39. The summed E-state index contributed by atoms with van der Waals surface area (Å²) < 4.78 is 10.1. The smallest absolute Gasteiger partial charge is 0.373 e. The van der Waals surface area contributed by atoms with Gasteiger partial charge in [0.15, 0.2) is 0 Å². The molecular formula is C16H25NO3. The molecule has 0 amide bonds. The second-order valence-electron chi connectivity index (χ2n) is 5.68. The van der Waals surface area contributed by atoms with E-state index in [-0.39, 0.29) is 5.76 Å².